The summed E-state index contributed by atoms with van der Waals surface area (Å²) in [5, 5.41) is 13.4. The Morgan fingerprint density at radius 3 is 2.75 bits per heavy atom. The van der Waals surface area contributed by atoms with Crippen molar-refractivity contribution in [2.24, 2.45) is 0 Å². The summed E-state index contributed by atoms with van der Waals surface area (Å²) >= 11 is 5.89. The molecule has 0 saturated heterocycles. The molecule has 7 nitrogen and oxygen atoms in total. The van der Waals surface area contributed by atoms with Crippen LogP contribution in [-0.4, -0.2) is 15.8 Å². The summed E-state index contributed by atoms with van der Waals surface area (Å²) in [5.41, 5.74) is 5.74. The summed E-state index contributed by atoms with van der Waals surface area (Å²) in [6.07, 6.45) is 1.39. The highest BCUT2D eigenvalue weighted by atomic mass is 35.5. The number of hydrogen-bond donors (Lipinski definition) is 2. The molecule has 0 saturated carbocycles. The number of pyridine rings is 1. The van der Waals surface area contributed by atoms with Gasteiger partial charge in [-0.25, -0.2) is 4.98 Å². The molecule has 0 radical (unpaired) electrons. The smallest absolute Gasteiger partial charge is 0.271 e. The number of nitrogen functional groups attached to an aromatic ring is 1. The molecule has 1 aromatic heterocycles. The van der Waals surface area contributed by atoms with E-state index >= 15 is 0 Å². The summed E-state index contributed by atoms with van der Waals surface area (Å²) in [4.78, 5) is 25.9. The van der Waals surface area contributed by atoms with Crippen LogP contribution < -0.4 is 11.1 Å². The van der Waals surface area contributed by atoms with Gasteiger partial charge in [-0.1, -0.05) is 11.6 Å². The van der Waals surface area contributed by atoms with Crippen molar-refractivity contribution in [3.63, 3.8) is 0 Å². The highest BCUT2D eigenvalue weighted by Gasteiger charge is 2.13. The highest BCUT2D eigenvalue weighted by molar-refractivity contribution is 6.34. The lowest BCUT2D eigenvalue weighted by molar-refractivity contribution is -0.384. The minimum absolute atomic E-state index is 0.154. The number of non-ortho nitro benzene ring substituents is 1. The fourth-order valence-electron chi connectivity index (χ4n) is 1.51. The quantitative estimate of drug-likeness (QED) is 0.667. The Labute approximate surface area is 118 Å². The van der Waals surface area contributed by atoms with E-state index in [1.807, 2.05) is 0 Å². The zero-order chi connectivity index (χ0) is 14.7. The molecule has 1 aromatic carbocycles. The van der Waals surface area contributed by atoms with E-state index in [4.69, 9.17) is 17.3 Å². The van der Waals surface area contributed by atoms with Gasteiger partial charge in [-0.15, -0.1) is 0 Å². The lowest BCUT2D eigenvalue weighted by Crippen LogP contribution is -2.13. The largest absolute Gasteiger partial charge is 0.384 e. The van der Waals surface area contributed by atoms with Gasteiger partial charge in [-0.3, -0.25) is 14.9 Å². The normalized spacial score (nSPS) is 10.1. The first-order chi connectivity index (χ1) is 9.47. The van der Waals surface area contributed by atoms with Gasteiger partial charge in [0.15, 0.2) is 0 Å². The van der Waals surface area contributed by atoms with Crippen molar-refractivity contribution >= 4 is 34.7 Å². The molecule has 0 spiro atoms. The molecule has 0 aliphatic rings. The molecule has 0 unspecified atom stereocenters. The zero-order valence-corrected chi connectivity index (χ0v) is 10.8. The molecule has 0 atom stereocenters. The zero-order valence-electron chi connectivity index (χ0n) is 10.0. The average Bonchev–Trinajstić information content (AvgIpc) is 2.41. The molecule has 0 fully saturated rings. The molecule has 0 bridgehead atoms. The fourth-order valence-corrected chi connectivity index (χ4v) is 1.67. The Balaban J connectivity index is 2.27. The Morgan fingerprint density at radius 1 is 1.35 bits per heavy atom. The van der Waals surface area contributed by atoms with Crippen LogP contribution in [-0.2, 0) is 0 Å². The molecule has 2 rings (SSSR count). The highest BCUT2D eigenvalue weighted by Crippen LogP contribution is 2.27. The Kier molecular flexibility index (Phi) is 3.81. The molecular formula is C12H9ClN4O3. The number of nitro benzene ring substituents is 1. The number of rotatable bonds is 3. The first-order valence-electron chi connectivity index (χ1n) is 5.44. The predicted octanol–water partition coefficient (Wildman–Crippen LogP) is 2.48. The van der Waals surface area contributed by atoms with E-state index in [1.54, 1.807) is 0 Å². The van der Waals surface area contributed by atoms with E-state index in [9.17, 15) is 14.9 Å². The van der Waals surface area contributed by atoms with Crippen LogP contribution in [0.4, 0.5) is 17.2 Å². The summed E-state index contributed by atoms with van der Waals surface area (Å²) in [6, 6.07) is 6.64. The van der Waals surface area contributed by atoms with Gasteiger partial charge in [-0.05, 0) is 18.2 Å². The third-order valence-electron chi connectivity index (χ3n) is 2.45. The van der Waals surface area contributed by atoms with Crippen molar-refractivity contribution in [3.05, 3.63) is 57.2 Å². The van der Waals surface area contributed by atoms with Gasteiger partial charge in [0.25, 0.3) is 11.6 Å². The van der Waals surface area contributed by atoms with Gasteiger partial charge >= 0.3 is 0 Å². The van der Waals surface area contributed by atoms with E-state index in [1.165, 1.54) is 36.5 Å². The molecule has 1 heterocycles. The van der Waals surface area contributed by atoms with Gasteiger partial charge in [0.05, 0.1) is 15.6 Å². The topological polar surface area (TPSA) is 111 Å². The number of aromatic nitrogens is 1. The lowest BCUT2D eigenvalue weighted by Gasteiger charge is -2.07. The Morgan fingerprint density at radius 2 is 2.10 bits per heavy atom. The monoisotopic (exact) mass is 292 g/mol. The van der Waals surface area contributed by atoms with Gasteiger partial charge in [-0.2, -0.15) is 0 Å². The average molecular weight is 293 g/mol. The van der Waals surface area contributed by atoms with E-state index in [-0.39, 0.29) is 27.8 Å². The summed E-state index contributed by atoms with van der Waals surface area (Å²) in [6.45, 7) is 0. The Hall–Kier alpha value is -2.67. The van der Waals surface area contributed by atoms with Crippen LogP contribution >= 0.6 is 11.6 Å². The van der Waals surface area contributed by atoms with Crippen molar-refractivity contribution in [2.75, 3.05) is 11.1 Å². The first kappa shape index (κ1) is 13.8. The third-order valence-corrected chi connectivity index (χ3v) is 2.78. The summed E-state index contributed by atoms with van der Waals surface area (Å²) in [7, 11) is 0. The number of nitro groups is 1. The molecule has 0 aliphatic heterocycles. The second-order valence-corrected chi connectivity index (χ2v) is 4.25. The van der Waals surface area contributed by atoms with E-state index in [2.05, 4.69) is 10.3 Å². The fraction of sp³-hybridized carbons (Fsp3) is 0. The number of nitrogens with zero attached hydrogens (tertiary/aromatic N) is 2. The molecule has 8 heteroatoms. The second-order valence-electron chi connectivity index (χ2n) is 3.84. The van der Waals surface area contributed by atoms with E-state index < -0.39 is 10.8 Å². The van der Waals surface area contributed by atoms with Gasteiger partial charge in [0, 0.05) is 23.9 Å². The van der Waals surface area contributed by atoms with Crippen LogP contribution in [0.25, 0.3) is 0 Å². The number of halogens is 1. The van der Waals surface area contributed by atoms with Gasteiger partial charge in [0.2, 0.25) is 0 Å². The number of benzene rings is 1. The first-order valence-corrected chi connectivity index (χ1v) is 5.82. The standard InChI is InChI=1S/C12H9ClN4O3/c13-9-2-1-8(17(19)20)6-10(9)16-12(18)7-3-4-15-11(14)5-7/h1-6H,(H2,14,15)(H,16,18). The molecule has 0 aliphatic carbocycles. The van der Waals surface area contributed by atoms with Gasteiger partial charge in [0.1, 0.15) is 5.82 Å². The second kappa shape index (κ2) is 5.54. The van der Waals surface area contributed by atoms with Crippen molar-refractivity contribution in [2.45, 2.75) is 0 Å². The summed E-state index contributed by atoms with van der Waals surface area (Å²) < 4.78 is 0. The number of nitrogens with two attached hydrogens (primary N) is 1. The third kappa shape index (κ3) is 3.01. The molecule has 102 valence electrons. The molecule has 2 aromatic rings. The predicted molar refractivity (Wildman–Crippen MR) is 74.7 cm³/mol. The SMILES string of the molecule is Nc1cc(C(=O)Nc2cc([N+](=O)[O-])ccc2Cl)ccn1. The maximum absolute atomic E-state index is 12.0. The molecule has 20 heavy (non-hydrogen) atoms. The molecule has 1 amide bonds. The van der Waals surface area contributed by atoms with Crippen LogP contribution in [0.15, 0.2) is 36.5 Å². The number of carbonyl (C=O) groups excluding carboxylic acids is 1. The maximum atomic E-state index is 12.0. The van der Waals surface area contributed by atoms with Crippen LogP contribution in [0, 0.1) is 10.1 Å². The number of carbonyl (C=O) groups is 1. The minimum atomic E-state index is -0.573. The van der Waals surface area contributed by atoms with Crippen molar-refractivity contribution in [1.29, 1.82) is 0 Å². The van der Waals surface area contributed by atoms with E-state index in [0.717, 1.165) is 0 Å². The summed E-state index contributed by atoms with van der Waals surface area (Å²) in [5.74, 6) is -0.288. The number of hydrogen-bond acceptors (Lipinski definition) is 5. The minimum Gasteiger partial charge on any atom is -0.384 e. The van der Waals surface area contributed by atoms with Crippen molar-refractivity contribution < 1.29 is 9.72 Å². The van der Waals surface area contributed by atoms with Crippen LogP contribution in [0.3, 0.4) is 0 Å². The number of anilines is 2. The van der Waals surface area contributed by atoms with Crippen LogP contribution in [0.2, 0.25) is 5.02 Å². The van der Waals surface area contributed by atoms with E-state index in [0.29, 0.717) is 0 Å². The Bertz CT molecular complexity index is 690. The molecular weight excluding hydrogens is 284 g/mol. The van der Waals surface area contributed by atoms with Crippen molar-refractivity contribution in [3.8, 4) is 0 Å². The van der Waals surface area contributed by atoms with Crippen LogP contribution in [0.5, 0.6) is 0 Å². The lowest BCUT2D eigenvalue weighted by atomic mass is 10.2. The number of nitrogens with one attached hydrogen (secondary N) is 1. The van der Waals surface area contributed by atoms with Gasteiger partial charge < -0.3 is 11.1 Å². The number of amides is 1. The maximum Gasteiger partial charge on any atom is 0.271 e. The van der Waals surface area contributed by atoms with Crippen molar-refractivity contribution in [1.82, 2.24) is 4.98 Å². The van der Waals surface area contributed by atoms with Crippen LogP contribution in [0.1, 0.15) is 10.4 Å². The molecule has 3 N–H and O–H groups in total.